The summed E-state index contributed by atoms with van der Waals surface area (Å²) in [6.07, 6.45) is 0. The van der Waals surface area contributed by atoms with Crippen molar-refractivity contribution in [1.82, 2.24) is 4.90 Å². The fraction of sp³-hybridized carbons (Fsp3) is 0.700. The van der Waals surface area contributed by atoms with E-state index in [1.165, 1.54) is 33.2 Å². The van der Waals surface area contributed by atoms with Gasteiger partial charge in [0.25, 0.3) is 0 Å². The highest BCUT2D eigenvalue weighted by Crippen LogP contribution is 2.02. The molecule has 0 aliphatic heterocycles. The number of hydrogen-bond acceptors (Lipinski definition) is 7. The van der Waals surface area contributed by atoms with Gasteiger partial charge in [0.2, 0.25) is 0 Å². The SMILES string of the molecule is COC(=O)CN(CC(=O)OC)C(C)C(=O)OC. The third kappa shape index (κ3) is 5.30. The van der Waals surface area contributed by atoms with Gasteiger partial charge in [0.05, 0.1) is 34.4 Å². The quantitative estimate of drug-likeness (QED) is 0.448. The van der Waals surface area contributed by atoms with E-state index >= 15 is 0 Å². The molecule has 0 aromatic rings. The third-order valence-electron chi connectivity index (χ3n) is 2.21. The molecule has 0 aromatic carbocycles. The van der Waals surface area contributed by atoms with Gasteiger partial charge in [0.15, 0.2) is 0 Å². The molecule has 0 spiro atoms. The normalized spacial score (nSPS) is 11.8. The largest absolute Gasteiger partial charge is 0.468 e. The van der Waals surface area contributed by atoms with Crippen LogP contribution in [0.15, 0.2) is 0 Å². The van der Waals surface area contributed by atoms with E-state index < -0.39 is 23.9 Å². The van der Waals surface area contributed by atoms with Gasteiger partial charge in [-0.15, -0.1) is 0 Å². The van der Waals surface area contributed by atoms with Crippen LogP contribution in [-0.4, -0.2) is 63.3 Å². The van der Waals surface area contributed by atoms with Gasteiger partial charge in [0.1, 0.15) is 6.04 Å². The molecule has 17 heavy (non-hydrogen) atoms. The van der Waals surface area contributed by atoms with E-state index in [9.17, 15) is 14.4 Å². The lowest BCUT2D eigenvalue weighted by Crippen LogP contribution is -2.45. The van der Waals surface area contributed by atoms with Crippen LogP contribution in [0.25, 0.3) is 0 Å². The molecule has 0 saturated carbocycles. The van der Waals surface area contributed by atoms with Gasteiger partial charge in [-0.25, -0.2) is 0 Å². The van der Waals surface area contributed by atoms with E-state index in [1.54, 1.807) is 0 Å². The lowest BCUT2D eigenvalue weighted by Gasteiger charge is -2.24. The molecule has 0 saturated heterocycles. The summed E-state index contributed by atoms with van der Waals surface area (Å²) < 4.78 is 13.5. The lowest BCUT2D eigenvalue weighted by molar-refractivity contribution is -0.152. The zero-order valence-corrected chi connectivity index (χ0v) is 10.4. The standard InChI is InChI=1S/C10H17NO6/c1-7(10(14)17-4)11(5-8(12)15-2)6-9(13)16-3/h7H,5-6H2,1-4H3. The molecule has 0 aliphatic carbocycles. The summed E-state index contributed by atoms with van der Waals surface area (Å²) >= 11 is 0. The Morgan fingerprint density at radius 3 is 1.65 bits per heavy atom. The topological polar surface area (TPSA) is 82.1 Å². The zero-order valence-electron chi connectivity index (χ0n) is 10.4. The van der Waals surface area contributed by atoms with Crippen molar-refractivity contribution >= 4 is 17.9 Å². The van der Waals surface area contributed by atoms with Crippen LogP contribution in [0.4, 0.5) is 0 Å². The third-order valence-corrected chi connectivity index (χ3v) is 2.21. The smallest absolute Gasteiger partial charge is 0.322 e. The Bertz CT molecular complexity index is 273. The molecule has 0 aliphatic rings. The Kier molecular flexibility index (Phi) is 6.88. The summed E-state index contributed by atoms with van der Waals surface area (Å²) in [5.41, 5.74) is 0. The summed E-state index contributed by atoms with van der Waals surface area (Å²) in [5.74, 6) is -1.65. The van der Waals surface area contributed by atoms with Crippen molar-refractivity contribution in [2.45, 2.75) is 13.0 Å². The number of nitrogens with zero attached hydrogens (tertiary/aromatic N) is 1. The van der Waals surface area contributed by atoms with Gasteiger partial charge >= 0.3 is 17.9 Å². The molecule has 1 atom stereocenters. The highest BCUT2D eigenvalue weighted by molar-refractivity contribution is 5.79. The average molecular weight is 247 g/mol. The van der Waals surface area contributed by atoms with E-state index in [0.717, 1.165) is 0 Å². The lowest BCUT2D eigenvalue weighted by atomic mass is 10.2. The first-order valence-electron chi connectivity index (χ1n) is 4.91. The van der Waals surface area contributed by atoms with Crippen molar-refractivity contribution < 1.29 is 28.6 Å². The summed E-state index contributed by atoms with van der Waals surface area (Å²) in [7, 11) is 3.68. The second-order valence-corrected chi connectivity index (χ2v) is 3.26. The Balaban J connectivity index is 4.65. The van der Waals surface area contributed by atoms with E-state index in [-0.39, 0.29) is 13.1 Å². The molecule has 1 unspecified atom stereocenters. The fourth-order valence-corrected chi connectivity index (χ4v) is 1.11. The van der Waals surface area contributed by atoms with E-state index in [0.29, 0.717) is 0 Å². The number of ether oxygens (including phenoxy) is 3. The van der Waals surface area contributed by atoms with Gasteiger partial charge in [-0.2, -0.15) is 0 Å². The maximum absolute atomic E-state index is 11.3. The number of carbonyl (C=O) groups excluding carboxylic acids is 3. The van der Waals surface area contributed by atoms with Crippen molar-refractivity contribution in [3.63, 3.8) is 0 Å². The van der Waals surface area contributed by atoms with Crippen LogP contribution in [0, 0.1) is 0 Å². The Hall–Kier alpha value is -1.63. The molecule has 98 valence electrons. The van der Waals surface area contributed by atoms with Gasteiger partial charge < -0.3 is 14.2 Å². The molecule has 0 bridgehead atoms. The monoisotopic (exact) mass is 247 g/mol. The zero-order chi connectivity index (χ0) is 13.4. The molecule has 7 nitrogen and oxygen atoms in total. The molecule has 0 fully saturated rings. The molecule has 0 aromatic heterocycles. The number of hydrogen-bond donors (Lipinski definition) is 0. The maximum Gasteiger partial charge on any atom is 0.322 e. The van der Waals surface area contributed by atoms with Crippen LogP contribution < -0.4 is 0 Å². The van der Waals surface area contributed by atoms with Gasteiger partial charge in [-0.05, 0) is 6.92 Å². The molecule has 0 heterocycles. The van der Waals surface area contributed by atoms with Gasteiger partial charge in [-0.1, -0.05) is 0 Å². The van der Waals surface area contributed by atoms with Crippen LogP contribution in [0.2, 0.25) is 0 Å². The summed E-state index contributed by atoms with van der Waals surface area (Å²) in [6.45, 7) is 1.14. The number of methoxy groups -OCH3 is 3. The summed E-state index contributed by atoms with van der Waals surface area (Å²) in [5, 5.41) is 0. The minimum atomic E-state index is -0.738. The van der Waals surface area contributed by atoms with Crippen LogP contribution in [0.5, 0.6) is 0 Å². The Labute approximate surface area is 99.6 Å². The van der Waals surface area contributed by atoms with Crippen molar-refractivity contribution in [3.05, 3.63) is 0 Å². The predicted octanol–water partition coefficient (Wildman–Crippen LogP) is -0.804. The van der Waals surface area contributed by atoms with E-state index in [4.69, 9.17) is 0 Å². The second-order valence-electron chi connectivity index (χ2n) is 3.26. The van der Waals surface area contributed by atoms with Gasteiger partial charge in [0, 0.05) is 0 Å². The highest BCUT2D eigenvalue weighted by atomic mass is 16.5. The predicted molar refractivity (Wildman–Crippen MR) is 57.1 cm³/mol. The molecule has 7 heteroatoms. The molecule has 0 N–H and O–H groups in total. The molecule has 0 radical (unpaired) electrons. The minimum Gasteiger partial charge on any atom is -0.468 e. The van der Waals surface area contributed by atoms with E-state index in [2.05, 4.69) is 14.2 Å². The first-order chi connectivity index (χ1) is 7.96. The van der Waals surface area contributed by atoms with Crippen molar-refractivity contribution in [1.29, 1.82) is 0 Å². The fourth-order valence-electron chi connectivity index (χ4n) is 1.11. The maximum atomic E-state index is 11.3. The first kappa shape index (κ1) is 15.4. The van der Waals surface area contributed by atoms with Crippen molar-refractivity contribution in [2.24, 2.45) is 0 Å². The van der Waals surface area contributed by atoms with Crippen molar-refractivity contribution in [2.75, 3.05) is 34.4 Å². The number of carbonyl (C=O) groups is 3. The summed E-state index contributed by atoms with van der Waals surface area (Å²) in [4.78, 5) is 34.9. The molecular weight excluding hydrogens is 230 g/mol. The second kappa shape index (κ2) is 7.61. The Morgan fingerprint density at radius 1 is 0.941 bits per heavy atom. The average Bonchev–Trinajstić information content (AvgIpc) is 2.35. The summed E-state index contributed by atoms with van der Waals surface area (Å²) in [6, 6.07) is -0.738. The highest BCUT2D eigenvalue weighted by Gasteiger charge is 2.26. The van der Waals surface area contributed by atoms with Gasteiger partial charge in [-0.3, -0.25) is 19.3 Å². The van der Waals surface area contributed by atoms with Crippen LogP contribution in [0.3, 0.4) is 0 Å². The first-order valence-corrected chi connectivity index (χ1v) is 4.91. The Morgan fingerprint density at radius 2 is 1.35 bits per heavy atom. The molecular formula is C10H17NO6. The van der Waals surface area contributed by atoms with Crippen LogP contribution in [0.1, 0.15) is 6.92 Å². The number of rotatable bonds is 6. The molecule has 0 rings (SSSR count). The molecule has 0 amide bonds. The van der Waals surface area contributed by atoms with E-state index in [1.807, 2.05) is 0 Å². The minimum absolute atomic E-state index is 0.193. The van der Waals surface area contributed by atoms with Crippen LogP contribution >= 0.6 is 0 Å². The number of esters is 3. The van der Waals surface area contributed by atoms with Crippen molar-refractivity contribution in [3.8, 4) is 0 Å². The van der Waals surface area contributed by atoms with Crippen LogP contribution in [-0.2, 0) is 28.6 Å².